The monoisotopic (exact) mass is 260 g/mol. The molecule has 1 saturated carbocycles. The van der Waals surface area contributed by atoms with E-state index in [2.05, 4.69) is 4.90 Å². The lowest BCUT2D eigenvalue weighted by Crippen LogP contribution is -2.35. The predicted molar refractivity (Wildman–Crippen MR) is 75.5 cm³/mol. The Kier molecular flexibility index (Phi) is 3.09. The van der Waals surface area contributed by atoms with Crippen LogP contribution in [0.25, 0.3) is 0 Å². The van der Waals surface area contributed by atoms with Gasteiger partial charge in [0.15, 0.2) is 0 Å². The zero-order chi connectivity index (χ0) is 13.4. The topological polar surface area (TPSA) is 66.6 Å². The van der Waals surface area contributed by atoms with Gasteiger partial charge in [-0.05, 0) is 43.4 Å². The molecule has 1 aliphatic heterocycles. The smallest absolute Gasteiger partial charge is 0.335 e. The van der Waals surface area contributed by atoms with Gasteiger partial charge in [-0.3, -0.25) is 0 Å². The van der Waals surface area contributed by atoms with Gasteiger partial charge in [0.1, 0.15) is 0 Å². The van der Waals surface area contributed by atoms with Crippen LogP contribution in [0.3, 0.4) is 0 Å². The second-order valence-corrected chi connectivity index (χ2v) is 5.67. The van der Waals surface area contributed by atoms with Crippen molar-refractivity contribution in [3.8, 4) is 0 Å². The van der Waals surface area contributed by atoms with Gasteiger partial charge < -0.3 is 15.7 Å². The minimum atomic E-state index is -0.888. The number of aromatic carboxylic acids is 1. The molecule has 1 aliphatic carbocycles. The number of anilines is 2. The third kappa shape index (κ3) is 2.15. The summed E-state index contributed by atoms with van der Waals surface area (Å²) in [6, 6.07) is 5.58. The highest BCUT2D eigenvalue weighted by Gasteiger charge is 2.36. The number of nitrogens with zero attached hydrogens (tertiary/aromatic N) is 1. The number of nitrogens with two attached hydrogens (primary N) is 1. The Morgan fingerprint density at radius 3 is 2.84 bits per heavy atom. The normalized spacial score (nSPS) is 26.2. The van der Waals surface area contributed by atoms with Crippen LogP contribution in [0.4, 0.5) is 11.4 Å². The molecule has 102 valence electrons. The summed E-state index contributed by atoms with van der Waals surface area (Å²) in [5.41, 5.74) is 7.98. The summed E-state index contributed by atoms with van der Waals surface area (Å²) >= 11 is 0. The molecular weight excluding hydrogens is 240 g/mol. The summed E-state index contributed by atoms with van der Waals surface area (Å²) in [4.78, 5) is 13.4. The van der Waals surface area contributed by atoms with Crippen molar-refractivity contribution < 1.29 is 9.90 Å². The molecule has 3 N–H and O–H groups in total. The molecule has 0 aromatic heterocycles. The fourth-order valence-electron chi connectivity index (χ4n) is 3.63. The molecule has 19 heavy (non-hydrogen) atoms. The SMILES string of the molecule is Nc1ccc(C(=O)O)cc1N1CCC2CCCCC21. The van der Waals surface area contributed by atoms with E-state index in [0.29, 0.717) is 17.3 Å². The number of carboxylic acids is 1. The molecule has 1 aromatic carbocycles. The standard InChI is InChI=1S/C15H20N2O2/c16-12-6-5-11(15(18)19)9-14(12)17-8-7-10-3-1-2-4-13(10)17/h5-6,9-10,13H,1-4,7-8,16H2,(H,18,19). The summed E-state index contributed by atoms with van der Waals surface area (Å²) in [6.45, 7) is 1.00. The highest BCUT2D eigenvalue weighted by Crippen LogP contribution is 2.40. The second-order valence-electron chi connectivity index (χ2n) is 5.67. The van der Waals surface area contributed by atoms with E-state index in [9.17, 15) is 4.79 Å². The van der Waals surface area contributed by atoms with Gasteiger partial charge in [0, 0.05) is 12.6 Å². The third-order valence-corrected chi connectivity index (χ3v) is 4.60. The zero-order valence-electron chi connectivity index (χ0n) is 11.0. The quantitative estimate of drug-likeness (QED) is 0.802. The fourth-order valence-corrected chi connectivity index (χ4v) is 3.63. The van der Waals surface area contributed by atoms with Gasteiger partial charge >= 0.3 is 5.97 Å². The molecule has 0 amide bonds. The molecule has 4 nitrogen and oxygen atoms in total. The first-order valence-corrected chi connectivity index (χ1v) is 7.06. The molecule has 2 fully saturated rings. The summed E-state index contributed by atoms with van der Waals surface area (Å²) in [5, 5.41) is 9.12. The molecule has 0 spiro atoms. The molecule has 1 aromatic rings. The summed E-state index contributed by atoms with van der Waals surface area (Å²) in [7, 11) is 0. The van der Waals surface area contributed by atoms with Crippen LogP contribution in [0.2, 0.25) is 0 Å². The van der Waals surface area contributed by atoms with E-state index < -0.39 is 5.97 Å². The van der Waals surface area contributed by atoms with Crippen molar-refractivity contribution in [2.45, 2.75) is 38.1 Å². The van der Waals surface area contributed by atoms with E-state index in [0.717, 1.165) is 18.2 Å². The lowest BCUT2D eigenvalue weighted by atomic mass is 9.85. The minimum absolute atomic E-state index is 0.323. The minimum Gasteiger partial charge on any atom is -0.478 e. The Morgan fingerprint density at radius 2 is 2.05 bits per heavy atom. The average molecular weight is 260 g/mol. The average Bonchev–Trinajstić information content (AvgIpc) is 2.83. The fraction of sp³-hybridized carbons (Fsp3) is 0.533. The number of carboxylic acid groups (broad SMARTS) is 1. The van der Waals surface area contributed by atoms with E-state index >= 15 is 0 Å². The Labute approximate surface area is 113 Å². The number of nitrogen functional groups attached to an aromatic ring is 1. The Hall–Kier alpha value is -1.71. The number of benzene rings is 1. The molecule has 3 rings (SSSR count). The first-order chi connectivity index (χ1) is 9.16. The van der Waals surface area contributed by atoms with Crippen LogP contribution in [-0.2, 0) is 0 Å². The van der Waals surface area contributed by atoms with Crippen molar-refractivity contribution in [3.63, 3.8) is 0 Å². The first kappa shape index (κ1) is 12.3. The van der Waals surface area contributed by atoms with Gasteiger partial charge in [-0.15, -0.1) is 0 Å². The molecule has 4 heteroatoms. The van der Waals surface area contributed by atoms with Gasteiger partial charge in [0.05, 0.1) is 16.9 Å². The van der Waals surface area contributed by atoms with Crippen LogP contribution in [0.1, 0.15) is 42.5 Å². The number of fused-ring (bicyclic) bond motifs is 1. The highest BCUT2D eigenvalue weighted by molar-refractivity contribution is 5.90. The Balaban J connectivity index is 1.93. The van der Waals surface area contributed by atoms with Crippen molar-refractivity contribution in [1.82, 2.24) is 0 Å². The molecule has 2 aliphatic rings. The van der Waals surface area contributed by atoms with Crippen molar-refractivity contribution in [1.29, 1.82) is 0 Å². The van der Waals surface area contributed by atoms with E-state index in [-0.39, 0.29) is 0 Å². The molecular formula is C15H20N2O2. The number of carbonyl (C=O) groups is 1. The summed E-state index contributed by atoms with van der Waals surface area (Å²) in [6.07, 6.45) is 6.33. The van der Waals surface area contributed by atoms with E-state index in [1.165, 1.54) is 32.1 Å². The van der Waals surface area contributed by atoms with Crippen molar-refractivity contribution in [2.24, 2.45) is 5.92 Å². The second kappa shape index (κ2) is 4.76. The van der Waals surface area contributed by atoms with Crippen LogP contribution >= 0.6 is 0 Å². The predicted octanol–water partition coefficient (Wildman–Crippen LogP) is 2.74. The molecule has 2 atom stereocenters. The lowest BCUT2D eigenvalue weighted by molar-refractivity contribution is 0.0697. The first-order valence-electron chi connectivity index (χ1n) is 7.06. The molecule has 1 heterocycles. The van der Waals surface area contributed by atoms with E-state index in [4.69, 9.17) is 10.8 Å². The van der Waals surface area contributed by atoms with Gasteiger partial charge in [-0.2, -0.15) is 0 Å². The van der Waals surface area contributed by atoms with Crippen LogP contribution in [0.15, 0.2) is 18.2 Å². The van der Waals surface area contributed by atoms with E-state index in [1.54, 1.807) is 18.2 Å². The van der Waals surface area contributed by atoms with Gasteiger partial charge in [-0.25, -0.2) is 4.79 Å². The van der Waals surface area contributed by atoms with Crippen LogP contribution in [0.5, 0.6) is 0 Å². The molecule has 0 bridgehead atoms. The van der Waals surface area contributed by atoms with Crippen molar-refractivity contribution >= 4 is 17.3 Å². The largest absolute Gasteiger partial charge is 0.478 e. The maximum atomic E-state index is 11.1. The van der Waals surface area contributed by atoms with Crippen LogP contribution in [0, 0.1) is 5.92 Å². The molecule has 1 saturated heterocycles. The zero-order valence-corrected chi connectivity index (χ0v) is 11.0. The Morgan fingerprint density at radius 1 is 1.26 bits per heavy atom. The third-order valence-electron chi connectivity index (χ3n) is 4.60. The number of hydrogen-bond acceptors (Lipinski definition) is 3. The maximum Gasteiger partial charge on any atom is 0.335 e. The highest BCUT2D eigenvalue weighted by atomic mass is 16.4. The maximum absolute atomic E-state index is 11.1. The van der Waals surface area contributed by atoms with Crippen LogP contribution in [-0.4, -0.2) is 23.7 Å². The van der Waals surface area contributed by atoms with Gasteiger partial charge in [0.2, 0.25) is 0 Å². The Bertz CT molecular complexity index is 501. The van der Waals surface area contributed by atoms with E-state index in [1.807, 2.05) is 0 Å². The molecule has 2 unspecified atom stereocenters. The van der Waals surface area contributed by atoms with Crippen molar-refractivity contribution in [3.05, 3.63) is 23.8 Å². The van der Waals surface area contributed by atoms with Crippen molar-refractivity contribution in [2.75, 3.05) is 17.2 Å². The number of hydrogen-bond donors (Lipinski definition) is 2. The molecule has 0 radical (unpaired) electrons. The van der Waals surface area contributed by atoms with Gasteiger partial charge in [0.25, 0.3) is 0 Å². The van der Waals surface area contributed by atoms with Crippen LogP contribution < -0.4 is 10.6 Å². The number of rotatable bonds is 2. The summed E-state index contributed by atoms with van der Waals surface area (Å²) in [5.74, 6) is -0.123. The lowest BCUT2D eigenvalue weighted by Gasteiger charge is -2.33. The van der Waals surface area contributed by atoms with Gasteiger partial charge in [-0.1, -0.05) is 12.8 Å². The summed E-state index contributed by atoms with van der Waals surface area (Å²) < 4.78 is 0.